The van der Waals surface area contributed by atoms with E-state index in [1.165, 1.54) is 11.6 Å². The van der Waals surface area contributed by atoms with Crippen LogP contribution in [0.1, 0.15) is 12.7 Å². The van der Waals surface area contributed by atoms with Crippen molar-refractivity contribution < 1.29 is 4.52 Å². The standard InChI is InChI=1S/C9H11N3O3/c1-4-12-7-6(5(2)15-10-7)8(13)11(3)9(12)14/h4H2,1-3H3. The van der Waals surface area contributed by atoms with E-state index >= 15 is 0 Å². The van der Waals surface area contributed by atoms with E-state index in [2.05, 4.69) is 5.16 Å². The van der Waals surface area contributed by atoms with Crippen molar-refractivity contribution in [2.75, 3.05) is 0 Å². The van der Waals surface area contributed by atoms with Gasteiger partial charge in [-0.15, -0.1) is 0 Å². The van der Waals surface area contributed by atoms with Crippen LogP contribution >= 0.6 is 0 Å². The number of aryl methyl sites for hydroxylation is 2. The maximum Gasteiger partial charge on any atom is 0.332 e. The normalized spacial score (nSPS) is 11.1. The van der Waals surface area contributed by atoms with E-state index in [1.54, 1.807) is 6.92 Å². The van der Waals surface area contributed by atoms with E-state index in [9.17, 15) is 9.59 Å². The SMILES string of the molecule is CCn1c(=O)n(C)c(=O)c2c(C)onc21. The number of hydrogen-bond acceptors (Lipinski definition) is 4. The molecule has 0 aromatic carbocycles. The van der Waals surface area contributed by atoms with Crippen molar-refractivity contribution in [3.63, 3.8) is 0 Å². The van der Waals surface area contributed by atoms with E-state index in [0.717, 1.165) is 4.57 Å². The summed E-state index contributed by atoms with van der Waals surface area (Å²) in [5.41, 5.74) is -0.412. The van der Waals surface area contributed by atoms with E-state index in [1.807, 2.05) is 6.92 Å². The van der Waals surface area contributed by atoms with Gasteiger partial charge in [-0.25, -0.2) is 4.79 Å². The third kappa shape index (κ3) is 1.14. The zero-order valence-corrected chi connectivity index (χ0v) is 8.77. The molecule has 0 aliphatic rings. The molecule has 0 amide bonds. The Labute approximate surface area is 84.7 Å². The van der Waals surface area contributed by atoms with Crippen LogP contribution in [0.25, 0.3) is 11.0 Å². The van der Waals surface area contributed by atoms with Crippen molar-refractivity contribution >= 4 is 11.0 Å². The molecule has 2 heterocycles. The molecule has 0 unspecified atom stereocenters. The highest BCUT2D eigenvalue weighted by atomic mass is 16.5. The van der Waals surface area contributed by atoms with Crippen LogP contribution in [0.5, 0.6) is 0 Å². The Morgan fingerprint density at radius 3 is 2.67 bits per heavy atom. The summed E-state index contributed by atoms with van der Waals surface area (Å²) < 4.78 is 7.40. The van der Waals surface area contributed by atoms with Crippen molar-refractivity contribution in [1.29, 1.82) is 0 Å². The molecule has 0 saturated heterocycles. The average Bonchev–Trinajstić information content (AvgIpc) is 2.58. The molecule has 0 atom stereocenters. The van der Waals surface area contributed by atoms with Gasteiger partial charge in [0.2, 0.25) is 0 Å². The van der Waals surface area contributed by atoms with Gasteiger partial charge in [0.25, 0.3) is 5.56 Å². The molecule has 0 spiro atoms. The lowest BCUT2D eigenvalue weighted by molar-refractivity contribution is 0.401. The minimum atomic E-state index is -0.372. The molecule has 0 fully saturated rings. The first-order chi connectivity index (χ1) is 7.07. The number of aromatic nitrogens is 3. The first-order valence-corrected chi connectivity index (χ1v) is 4.63. The van der Waals surface area contributed by atoms with E-state index < -0.39 is 0 Å². The molecule has 0 radical (unpaired) electrons. The second-order valence-corrected chi connectivity index (χ2v) is 3.33. The van der Waals surface area contributed by atoms with Crippen LogP contribution < -0.4 is 11.2 Å². The summed E-state index contributed by atoms with van der Waals surface area (Å²) in [6, 6.07) is 0. The quantitative estimate of drug-likeness (QED) is 0.663. The van der Waals surface area contributed by atoms with Gasteiger partial charge in [0, 0.05) is 13.6 Å². The predicted molar refractivity (Wildman–Crippen MR) is 53.9 cm³/mol. The maximum atomic E-state index is 11.7. The Bertz CT molecular complexity index is 632. The summed E-state index contributed by atoms with van der Waals surface area (Å²) in [5.74, 6) is 0.438. The molecule has 15 heavy (non-hydrogen) atoms. The molecule has 6 heteroatoms. The lowest BCUT2D eigenvalue weighted by Gasteiger charge is -2.04. The maximum absolute atomic E-state index is 11.7. The Morgan fingerprint density at radius 2 is 2.07 bits per heavy atom. The summed E-state index contributed by atoms with van der Waals surface area (Å²) in [5, 5.41) is 4.10. The number of nitrogens with zero attached hydrogens (tertiary/aromatic N) is 3. The Hall–Kier alpha value is -1.85. The second kappa shape index (κ2) is 3.08. The Morgan fingerprint density at radius 1 is 1.40 bits per heavy atom. The highest BCUT2D eigenvalue weighted by Crippen LogP contribution is 2.10. The van der Waals surface area contributed by atoms with Gasteiger partial charge >= 0.3 is 5.69 Å². The summed E-state index contributed by atoms with van der Waals surface area (Å²) >= 11 is 0. The number of fused-ring (bicyclic) bond motifs is 1. The van der Waals surface area contributed by atoms with Gasteiger partial charge in [-0.05, 0) is 13.8 Å². The smallest absolute Gasteiger partial charge is 0.332 e. The monoisotopic (exact) mass is 209 g/mol. The Balaban J connectivity index is 3.14. The molecule has 0 saturated carbocycles. The second-order valence-electron chi connectivity index (χ2n) is 3.33. The predicted octanol–water partition coefficient (Wildman–Crippen LogP) is 0.0165. The van der Waals surface area contributed by atoms with Crippen LogP contribution in [-0.2, 0) is 13.6 Å². The zero-order valence-electron chi connectivity index (χ0n) is 8.77. The van der Waals surface area contributed by atoms with Crippen LogP contribution in [-0.4, -0.2) is 14.3 Å². The van der Waals surface area contributed by atoms with E-state index in [0.29, 0.717) is 23.3 Å². The van der Waals surface area contributed by atoms with Crippen molar-refractivity contribution in [2.45, 2.75) is 20.4 Å². The molecule has 6 nitrogen and oxygen atoms in total. The van der Waals surface area contributed by atoms with Crippen LogP contribution in [0, 0.1) is 6.92 Å². The van der Waals surface area contributed by atoms with Crippen molar-refractivity contribution in [3.8, 4) is 0 Å². The highest BCUT2D eigenvalue weighted by Gasteiger charge is 2.15. The lowest BCUT2D eigenvalue weighted by atomic mass is 10.3. The third-order valence-corrected chi connectivity index (χ3v) is 2.45. The molecule has 2 aromatic heterocycles. The minimum Gasteiger partial charge on any atom is -0.359 e. The molecule has 0 N–H and O–H groups in total. The first kappa shape index (κ1) is 9.70. The van der Waals surface area contributed by atoms with Gasteiger partial charge in [-0.3, -0.25) is 13.9 Å². The highest BCUT2D eigenvalue weighted by molar-refractivity contribution is 5.75. The molecule has 0 bridgehead atoms. The molecular formula is C9H11N3O3. The van der Waals surface area contributed by atoms with Crippen molar-refractivity contribution in [1.82, 2.24) is 14.3 Å². The minimum absolute atomic E-state index is 0.322. The largest absolute Gasteiger partial charge is 0.359 e. The van der Waals surface area contributed by atoms with E-state index in [-0.39, 0.29) is 11.2 Å². The fourth-order valence-electron chi connectivity index (χ4n) is 1.60. The van der Waals surface area contributed by atoms with Gasteiger partial charge in [0.15, 0.2) is 5.65 Å². The first-order valence-electron chi connectivity index (χ1n) is 4.63. The van der Waals surface area contributed by atoms with Gasteiger partial charge in [0.1, 0.15) is 11.1 Å². The van der Waals surface area contributed by atoms with E-state index in [4.69, 9.17) is 4.52 Å². The van der Waals surface area contributed by atoms with Crippen molar-refractivity contribution in [2.24, 2.45) is 7.05 Å². The fraction of sp³-hybridized carbons (Fsp3) is 0.444. The molecule has 0 aliphatic heterocycles. The summed E-state index contributed by atoms with van der Waals surface area (Å²) in [6.07, 6.45) is 0. The summed E-state index contributed by atoms with van der Waals surface area (Å²) in [7, 11) is 1.45. The lowest BCUT2D eigenvalue weighted by Crippen LogP contribution is -2.37. The zero-order chi connectivity index (χ0) is 11.2. The van der Waals surface area contributed by atoms with Gasteiger partial charge in [0.05, 0.1) is 0 Å². The van der Waals surface area contributed by atoms with Gasteiger partial charge in [-0.1, -0.05) is 5.16 Å². The summed E-state index contributed by atoms with van der Waals surface area (Å²) in [4.78, 5) is 23.4. The Kier molecular flexibility index (Phi) is 1.99. The van der Waals surface area contributed by atoms with Gasteiger partial charge < -0.3 is 4.52 Å². The van der Waals surface area contributed by atoms with Crippen LogP contribution in [0.15, 0.2) is 14.1 Å². The topological polar surface area (TPSA) is 70.0 Å². The van der Waals surface area contributed by atoms with Crippen molar-refractivity contribution in [3.05, 3.63) is 26.6 Å². The molecule has 2 rings (SSSR count). The molecule has 80 valence electrons. The van der Waals surface area contributed by atoms with Gasteiger partial charge in [-0.2, -0.15) is 0 Å². The fourth-order valence-corrected chi connectivity index (χ4v) is 1.60. The number of rotatable bonds is 1. The molecular weight excluding hydrogens is 198 g/mol. The number of hydrogen-bond donors (Lipinski definition) is 0. The van der Waals surface area contributed by atoms with Crippen LogP contribution in [0.3, 0.4) is 0 Å². The molecule has 2 aromatic rings. The molecule has 0 aliphatic carbocycles. The van der Waals surface area contributed by atoms with Crippen LogP contribution in [0.2, 0.25) is 0 Å². The third-order valence-electron chi connectivity index (χ3n) is 2.45. The summed E-state index contributed by atoms with van der Waals surface area (Å²) in [6.45, 7) is 3.92. The van der Waals surface area contributed by atoms with Crippen LogP contribution in [0.4, 0.5) is 0 Å². The average molecular weight is 209 g/mol.